The molecule has 4 rings (SSSR count). The quantitative estimate of drug-likeness (QED) is 0.802. The maximum absolute atomic E-state index is 11.8. The minimum atomic E-state index is -0.00912. The van der Waals surface area contributed by atoms with Crippen molar-refractivity contribution < 1.29 is 0 Å². The first kappa shape index (κ1) is 14.2. The summed E-state index contributed by atoms with van der Waals surface area (Å²) in [6, 6.07) is 3.67. The van der Waals surface area contributed by atoms with Crippen molar-refractivity contribution in [1.82, 2.24) is 19.5 Å². The van der Waals surface area contributed by atoms with Gasteiger partial charge in [-0.2, -0.15) is 0 Å². The van der Waals surface area contributed by atoms with E-state index in [9.17, 15) is 4.79 Å². The van der Waals surface area contributed by atoms with Crippen LogP contribution in [0.5, 0.6) is 0 Å². The van der Waals surface area contributed by atoms with Crippen LogP contribution in [0.15, 0.2) is 29.6 Å². The highest BCUT2D eigenvalue weighted by molar-refractivity contribution is 5.44. The maximum Gasteiger partial charge on any atom is 0.255 e. The number of hydrogen-bond donors (Lipinski definition) is 0. The summed E-state index contributed by atoms with van der Waals surface area (Å²) in [5.74, 6) is 3.00. The van der Waals surface area contributed by atoms with Crippen LogP contribution in [0.1, 0.15) is 5.69 Å². The van der Waals surface area contributed by atoms with Gasteiger partial charge in [-0.15, -0.1) is 0 Å². The molecule has 2 unspecified atom stereocenters. The molecule has 2 aliphatic rings. The molecule has 0 aliphatic carbocycles. The van der Waals surface area contributed by atoms with Crippen LogP contribution in [0, 0.1) is 18.8 Å². The molecule has 2 aliphatic heterocycles. The van der Waals surface area contributed by atoms with Crippen molar-refractivity contribution in [2.75, 3.05) is 36.0 Å². The normalized spacial score (nSPS) is 23.4. The minimum absolute atomic E-state index is 0.00912. The van der Waals surface area contributed by atoms with Crippen molar-refractivity contribution in [1.29, 1.82) is 0 Å². The predicted molar refractivity (Wildman–Crippen MR) is 87.7 cm³/mol. The Balaban J connectivity index is 1.47. The summed E-state index contributed by atoms with van der Waals surface area (Å²) in [7, 11) is 1.72. The number of aryl methyl sites for hydroxylation is 2. The Hall–Kier alpha value is -2.44. The second-order valence-electron chi connectivity index (χ2n) is 6.54. The van der Waals surface area contributed by atoms with Crippen molar-refractivity contribution in [2.45, 2.75) is 6.92 Å². The molecule has 120 valence electrons. The Labute approximate surface area is 134 Å². The Morgan fingerprint density at radius 1 is 0.957 bits per heavy atom. The summed E-state index contributed by atoms with van der Waals surface area (Å²) >= 11 is 0. The van der Waals surface area contributed by atoms with Crippen molar-refractivity contribution in [3.05, 3.63) is 40.8 Å². The van der Waals surface area contributed by atoms with Crippen LogP contribution in [0.2, 0.25) is 0 Å². The molecule has 0 spiro atoms. The van der Waals surface area contributed by atoms with Gasteiger partial charge in [0, 0.05) is 62.9 Å². The lowest BCUT2D eigenvalue weighted by atomic mass is 10.0. The van der Waals surface area contributed by atoms with Crippen LogP contribution in [0.4, 0.5) is 11.6 Å². The van der Waals surface area contributed by atoms with Gasteiger partial charge in [-0.3, -0.25) is 4.79 Å². The molecule has 2 aromatic rings. The molecule has 2 saturated heterocycles. The van der Waals surface area contributed by atoms with Crippen molar-refractivity contribution in [3.8, 4) is 0 Å². The van der Waals surface area contributed by atoms with E-state index < -0.39 is 0 Å². The van der Waals surface area contributed by atoms with E-state index in [1.54, 1.807) is 25.8 Å². The number of rotatable bonds is 2. The summed E-state index contributed by atoms with van der Waals surface area (Å²) in [6.45, 7) is 5.90. The number of fused-ring (bicyclic) bond motifs is 1. The molecule has 0 radical (unpaired) electrons. The van der Waals surface area contributed by atoms with E-state index in [-0.39, 0.29) is 5.56 Å². The zero-order valence-corrected chi connectivity index (χ0v) is 13.4. The Kier molecular flexibility index (Phi) is 3.28. The highest BCUT2D eigenvalue weighted by atomic mass is 16.1. The molecular weight excluding hydrogens is 292 g/mol. The Bertz CT molecular complexity index is 774. The lowest BCUT2D eigenvalue weighted by Crippen LogP contribution is -2.30. The van der Waals surface area contributed by atoms with Gasteiger partial charge in [0.2, 0.25) is 0 Å². The standard InChI is InChI=1S/C16H20N6O/c1-11-3-14(18-9-17-11)21-5-12-7-22(8-13(12)6-21)15-4-16(23)20(2)10-19-15/h3-4,9-10,12-13H,5-8H2,1-2H3. The molecule has 4 heterocycles. The third-order valence-electron chi connectivity index (χ3n) is 4.89. The molecule has 2 aromatic heterocycles. The molecule has 0 N–H and O–H groups in total. The van der Waals surface area contributed by atoms with Crippen molar-refractivity contribution in [2.24, 2.45) is 18.9 Å². The molecule has 0 aromatic carbocycles. The molecule has 7 nitrogen and oxygen atoms in total. The van der Waals surface area contributed by atoms with Crippen LogP contribution < -0.4 is 15.4 Å². The topological polar surface area (TPSA) is 67.2 Å². The molecule has 23 heavy (non-hydrogen) atoms. The lowest BCUT2D eigenvalue weighted by Gasteiger charge is -2.23. The first-order valence-electron chi connectivity index (χ1n) is 7.91. The smallest absolute Gasteiger partial charge is 0.255 e. The summed E-state index contributed by atoms with van der Waals surface area (Å²) < 4.78 is 1.50. The predicted octanol–water partition coefficient (Wildman–Crippen LogP) is 0.451. The van der Waals surface area contributed by atoms with Crippen molar-refractivity contribution >= 4 is 11.6 Å². The molecular formula is C16H20N6O. The van der Waals surface area contributed by atoms with Gasteiger partial charge in [-0.1, -0.05) is 0 Å². The van der Waals surface area contributed by atoms with E-state index in [1.165, 1.54) is 4.57 Å². The van der Waals surface area contributed by atoms with E-state index in [2.05, 4.69) is 24.8 Å². The maximum atomic E-state index is 11.8. The fourth-order valence-electron chi connectivity index (χ4n) is 3.61. The van der Waals surface area contributed by atoms with Crippen LogP contribution in [-0.2, 0) is 7.05 Å². The van der Waals surface area contributed by atoms with E-state index in [4.69, 9.17) is 0 Å². The van der Waals surface area contributed by atoms with Gasteiger partial charge in [0.15, 0.2) is 0 Å². The minimum Gasteiger partial charge on any atom is -0.356 e. The second-order valence-corrected chi connectivity index (χ2v) is 6.54. The highest BCUT2D eigenvalue weighted by Crippen LogP contribution is 2.34. The molecule has 2 fully saturated rings. The number of hydrogen-bond acceptors (Lipinski definition) is 6. The summed E-state index contributed by atoms with van der Waals surface area (Å²) in [4.78, 5) is 29.3. The summed E-state index contributed by atoms with van der Waals surface area (Å²) in [6.07, 6.45) is 3.23. The molecule has 2 atom stereocenters. The fourth-order valence-corrected chi connectivity index (χ4v) is 3.61. The fraction of sp³-hybridized carbons (Fsp3) is 0.500. The van der Waals surface area contributed by atoms with Crippen LogP contribution >= 0.6 is 0 Å². The first-order valence-corrected chi connectivity index (χ1v) is 7.91. The Morgan fingerprint density at radius 2 is 1.57 bits per heavy atom. The molecule has 0 saturated carbocycles. The number of anilines is 2. The third-order valence-corrected chi connectivity index (χ3v) is 4.89. The molecule has 0 amide bonds. The van der Waals surface area contributed by atoms with Gasteiger partial charge in [0.05, 0.1) is 6.33 Å². The van der Waals surface area contributed by atoms with E-state index in [0.29, 0.717) is 11.8 Å². The van der Waals surface area contributed by atoms with Gasteiger partial charge in [-0.05, 0) is 6.92 Å². The first-order chi connectivity index (χ1) is 11.1. The Morgan fingerprint density at radius 3 is 2.13 bits per heavy atom. The van der Waals surface area contributed by atoms with E-state index in [0.717, 1.165) is 43.5 Å². The van der Waals surface area contributed by atoms with Crippen molar-refractivity contribution in [3.63, 3.8) is 0 Å². The van der Waals surface area contributed by atoms with Crippen LogP contribution in [0.25, 0.3) is 0 Å². The third kappa shape index (κ3) is 2.56. The molecule has 0 bridgehead atoms. The average molecular weight is 312 g/mol. The van der Waals surface area contributed by atoms with Crippen LogP contribution in [-0.4, -0.2) is 45.7 Å². The summed E-state index contributed by atoms with van der Waals surface area (Å²) in [5.41, 5.74) is 0.989. The largest absolute Gasteiger partial charge is 0.356 e. The number of aromatic nitrogens is 4. The van der Waals surface area contributed by atoms with Gasteiger partial charge in [-0.25, -0.2) is 15.0 Å². The monoisotopic (exact) mass is 312 g/mol. The average Bonchev–Trinajstić information content (AvgIpc) is 3.09. The van der Waals surface area contributed by atoms with Gasteiger partial charge in [0.1, 0.15) is 18.0 Å². The lowest BCUT2D eigenvalue weighted by molar-refractivity contribution is 0.533. The second kappa shape index (κ2) is 5.33. The highest BCUT2D eigenvalue weighted by Gasteiger charge is 2.40. The van der Waals surface area contributed by atoms with E-state index >= 15 is 0 Å². The van der Waals surface area contributed by atoms with Crippen LogP contribution in [0.3, 0.4) is 0 Å². The summed E-state index contributed by atoms with van der Waals surface area (Å²) in [5, 5.41) is 0. The molecule has 7 heteroatoms. The number of nitrogens with zero attached hydrogens (tertiary/aromatic N) is 6. The van der Waals surface area contributed by atoms with Gasteiger partial charge < -0.3 is 14.4 Å². The zero-order chi connectivity index (χ0) is 16.0. The van der Waals surface area contributed by atoms with Gasteiger partial charge >= 0.3 is 0 Å². The SMILES string of the molecule is Cc1cc(N2CC3CN(c4cc(=O)n(C)cn4)CC3C2)ncn1. The zero-order valence-electron chi connectivity index (χ0n) is 13.4. The van der Waals surface area contributed by atoms with E-state index in [1.807, 2.05) is 13.0 Å². The van der Waals surface area contributed by atoms with Gasteiger partial charge in [0.25, 0.3) is 5.56 Å².